The molecule has 0 unspecified atom stereocenters. The number of hydrogen-bond acceptors (Lipinski definition) is 3. The Morgan fingerprint density at radius 1 is 1.70 bits per heavy atom. The number of thiol groups is 1. The van der Waals surface area contributed by atoms with E-state index in [1.807, 2.05) is 6.07 Å². The van der Waals surface area contributed by atoms with E-state index in [0.717, 1.165) is 10.6 Å². The maximum atomic E-state index is 8.52. The van der Waals surface area contributed by atoms with Crippen LogP contribution in [0.1, 0.15) is 11.3 Å². The largest absolute Gasteiger partial charge is 0.259 e. The minimum atomic E-state index is 0.590. The van der Waals surface area contributed by atoms with Crippen LogP contribution in [-0.2, 0) is 0 Å². The summed E-state index contributed by atoms with van der Waals surface area (Å²) in [4.78, 5) is 4.67. The smallest absolute Gasteiger partial charge is 0.101 e. The summed E-state index contributed by atoms with van der Waals surface area (Å²) in [5.41, 5.74) is 1.34. The van der Waals surface area contributed by atoms with Crippen LogP contribution in [0.4, 0.5) is 0 Å². The first-order valence-corrected chi connectivity index (χ1v) is 3.24. The number of aryl methyl sites for hydroxylation is 1. The summed E-state index contributed by atoms with van der Waals surface area (Å²) < 4.78 is 0. The quantitative estimate of drug-likeness (QED) is 0.570. The Morgan fingerprint density at radius 3 is 2.90 bits per heavy atom. The molecule has 0 spiro atoms. The second kappa shape index (κ2) is 2.72. The Balaban J connectivity index is 3.25. The monoisotopic (exact) mass is 150 g/mol. The molecule has 0 radical (unpaired) electrons. The number of nitrogens with zero attached hydrogens (tertiary/aromatic N) is 2. The molecule has 0 saturated carbocycles. The summed E-state index contributed by atoms with van der Waals surface area (Å²) in [5, 5.41) is 8.52. The molecule has 0 aliphatic heterocycles. The van der Waals surface area contributed by atoms with Gasteiger partial charge in [-0.3, -0.25) is 4.98 Å². The minimum Gasteiger partial charge on any atom is -0.259 e. The average molecular weight is 150 g/mol. The highest BCUT2D eigenvalue weighted by atomic mass is 32.1. The molecule has 0 saturated heterocycles. The lowest BCUT2D eigenvalue weighted by Gasteiger charge is -1.94. The highest BCUT2D eigenvalue weighted by Gasteiger charge is 1.96. The van der Waals surface area contributed by atoms with E-state index in [-0.39, 0.29) is 0 Å². The predicted molar refractivity (Wildman–Crippen MR) is 40.9 cm³/mol. The molecule has 0 aliphatic rings. The molecule has 0 aliphatic carbocycles. The summed E-state index contributed by atoms with van der Waals surface area (Å²) in [6.45, 7) is 1.80. The van der Waals surface area contributed by atoms with Gasteiger partial charge < -0.3 is 0 Å². The van der Waals surface area contributed by atoms with Gasteiger partial charge in [-0.2, -0.15) is 5.26 Å². The van der Waals surface area contributed by atoms with Crippen molar-refractivity contribution in [3.8, 4) is 6.07 Å². The average Bonchev–Trinajstić information content (AvgIpc) is 1.94. The van der Waals surface area contributed by atoms with Gasteiger partial charge in [0.15, 0.2) is 0 Å². The molecular formula is C7H6N2S. The van der Waals surface area contributed by atoms with E-state index in [9.17, 15) is 0 Å². The van der Waals surface area contributed by atoms with Gasteiger partial charge in [-0.05, 0) is 13.0 Å². The summed E-state index contributed by atoms with van der Waals surface area (Å²) >= 11 is 4.04. The molecule has 0 fully saturated rings. The molecule has 0 atom stereocenters. The van der Waals surface area contributed by atoms with Gasteiger partial charge in [0.1, 0.15) is 6.07 Å². The summed E-state index contributed by atoms with van der Waals surface area (Å²) in [6.07, 6.45) is 1.62. The van der Waals surface area contributed by atoms with Crippen LogP contribution in [0.3, 0.4) is 0 Å². The Kier molecular flexibility index (Phi) is 1.93. The fourth-order valence-corrected chi connectivity index (χ4v) is 0.822. The van der Waals surface area contributed by atoms with Crippen molar-refractivity contribution in [2.45, 2.75) is 11.8 Å². The van der Waals surface area contributed by atoms with Crippen LogP contribution in [0.25, 0.3) is 0 Å². The maximum Gasteiger partial charge on any atom is 0.101 e. The molecular weight excluding hydrogens is 144 g/mol. The SMILES string of the molecule is Cc1ncc(S)cc1C#N. The van der Waals surface area contributed by atoms with Crippen molar-refractivity contribution in [1.82, 2.24) is 4.98 Å². The fraction of sp³-hybridized carbons (Fsp3) is 0.143. The lowest BCUT2D eigenvalue weighted by atomic mass is 10.2. The summed E-state index contributed by atoms with van der Waals surface area (Å²) in [6, 6.07) is 3.72. The molecule has 0 aromatic carbocycles. The van der Waals surface area contributed by atoms with Crippen LogP contribution in [0.5, 0.6) is 0 Å². The highest BCUT2D eigenvalue weighted by molar-refractivity contribution is 7.80. The van der Waals surface area contributed by atoms with Crippen LogP contribution in [0.2, 0.25) is 0 Å². The zero-order valence-electron chi connectivity index (χ0n) is 5.50. The lowest BCUT2D eigenvalue weighted by molar-refractivity contribution is 1.13. The molecule has 50 valence electrons. The predicted octanol–water partition coefficient (Wildman–Crippen LogP) is 1.55. The van der Waals surface area contributed by atoms with E-state index in [0.29, 0.717) is 5.56 Å². The van der Waals surface area contributed by atoms with Crippen molar-refractivity contribution in [2.24, 2.45) is 0 Å². The molecule has 1 heterocycles. The third-order valence-corrected chi connectivity index (χ3v) is 1.44. The van der Waals surface area contributed by atoms with Gasteiger partial charge in [-0.15, -0.1) is 12.6 Å². The highest BCUT2D eigenvalue weighted by Crippen LogP contribution is 2.08. The van der Waals surface area contributed by atoms with Gasteiger partial charge in [0.25, 0.3) is 0 Å². The van der Waals surface area contributed by atoms with Crippen molar-refractivity contribution >= 4 is 12.6 Å². The van der Waals surface area contributed by atoms with Crippen LogP contribution in [0.15, 0.2) is 17.2 Å². The zero-order valence-corrected chi connectivity index (χ0v) is 6.39. The second-order valence-corrected chi connectivity index (χ2v) is 2.45. The molecule has 0 N–H and O–H groups in total. The van der Waals surface area contributed by atoms with Crippen molar-refractivity contribution in [3.63, 3.8) is 0 Å². The zero-order chi connectivity index (χ0) is 7.56. The van der Waals surface area contributed by atoms with Crippen LogP contribution < -0.4 is 0 Å². The molecule has 1 aromatic rings. The molecule has 1 aromatic heterocycles. The first-order valence-electron chi connectivity index (χ1n) is 2.80. The number of aromatic nitrogens is 1. The first-order chi connectivity index (χ1) is 4.74. The maximum absolute atomic E-state index is 8.52. The van der Waals surface area contributed by atoms with E-state index in [1.54, 1.807) is 19.2 Å². The third-order valence-electron chi connectivity index (χ3n) is 1.19. The summed E-state index contributed by atoms with van der Waals surface area (Å²) in [7, 11) is 0. The van der Waals surface area contributed by atoms with Gasteiger partial charge >= 0.3 is 0 Å². The van der Waals surface area contributed by atoms with Crippen molar-refractivity contribution in [1.29, 1.82) is 5.26 Å². The topological polar surface area (TPSA) is 36.7 Å². The summed E-state index contributed by atoms with van der Waals surface area (Å²) in [5.74, 6) is 0. The van der Waals surface area contributed by atoms with Gasteiger partial charge in [0, 0.05) is 11.1 Å². The number of nitriles is 1. The van der Waals surface area contributed by atoms with E-state index in [4.69, 9.17) is 5.26 Å². The molecule has 3 heteroatoms. The standard InChI is InChI=1S/C7H6N2S/c1-5-6(3-8)2-7(10)4-9-5/h2,4,10H,1H3. The normalized spacial score (nSPS) is 8.90. The van der Waals surface area contributed by atoms with Gasteiger partial charge in [-0.1, -0.05) is 0 Å². The number of pyridine rings is 1. The van der Waals surface area contributed by atoms with Crippen LogP contribution in [-0.4, -0.2) is 4.98 Å². The Bertz CT molecular complexity index is 288. The van der Waals surface area contributed by atoms with Crippen molar-refractivity contribution in [3.05, 3.63) is 23.5 Å². The Hall–Kier alpha value is -1.01. The lowest BCUT2D eigenvalue weighted by Crippen LogP contribution is -1.85. The third kappa shape index (κ3) is 1.28. The van der Waals surface area contributed by atoms with E-state index >= 15 is 0 Å². The van der Waals surface area contributed by atoms with E-state index in [1.165, 1.54) is 0 Å². The van der Waals surface area contributed by atoms with Gasteiger partial charge in [-0.25, -0.2) is 0 Å². The molecule has 0 bridgehead atoms. The first kappa shape index (κ1) is 7.10. The van der Waals surface area contributed by atoms with Crippen molar-refractivity contribution < 1.29 is 0 Å². The molecule has 10 heavy (non-hydrogen) atoms. The molecule has 2 nitrogen and oxygen atoms in total. The molecule has 0 amide bonds. The van der Waals surface area contributed by atoms with Gasteiger partial charge in [0.05, 0.1) is 11.3 Å². The fourth-order valence-electron chi connectivity index (χ4n) is 0.635. The van der Waals surface area contributed by atoms with Crippen LogP contribution >= 0.6 is 12.6 Å². The van der Waals surface area contributed by atoms with E-state index < -0.39 is 0 Å². The van der Waals surface area contributed by atoms with E-state index in [2.05, 4.69) is 17.6 Å². The minimum absolute atomic E-state index is 0.590. The Labute approximate surface area is 64.9 Å². The van der Waals surface area contributed by atoms with Crippen molar-refractivity contribution in [2.75, 3.05) is 0 Å². The van der Waals surface area contributed by atoms with Crippen LogP contribution in [0, 0.1) is 18.3 Å². The number of hydrogen-bond donors (Lipinski definition) is 1. The molecule has 1 rings (SSSR count). The van der Waals surface area contributed by atoms with Gasteiger partial charge in [0.2, 0.25) is 0 Å². The number of rotatable bonds is 0. The Morgan fingerprint density at radius 2 is 2.40 bits per heavy atom. The second-order valence-electron chi connectivity index (χ2n) is 1.94.